The lowest BCUT2D eigenvalue weighted by atomic mass is 10.1. The molecule has 1 heterocycles. The Balaban J connectivity index is 2.22. The number of nitrogens with zero attached hydrogens (tertiary/aromatic N) is 1. The van der Waals surface area contributed by atoms with Gasteiger partial charge in [-0.15, -0.1) is 0 Å². The highest BCUT2D eigenvalue weighted by Crippen LogP contribution is 2.32. The molecule has 5 heteroatoms. The minimum atomic E-state index is -0.448. The third kappa shape index (κ3) is 2.67. The molecule has 1 atom stereocenters. The van der Waals surface area contributed by atoms with Crippen LogP contribution in [-0.4, -0.2) is 38.4 Å². The molecule has 2 rings (SSSR count). The first-order valence-corrected chi connectivity index (χ1v) is 6.83. The third-order valence-electron chi connectivity index (χ3n) is 3.42. The van der Waals surface area contributed by atoms with Crippen molar-refractivity contribution in [3.8, 4) is 5.75 Å². The number of Topliss-reactive ketones (excluding diaryl/α,β-unsaturated/α-hetero) is 1. The molecule has 1 aromatic carbocycles. The van der Waals surface area contributed by atoms with E-state index in [1.54, 1.807) is 30.2 Å². The van der Waals surface area contributed by atoms with Crippen LogP contribution in [0.5, 0.6) is 5.75 Å². The highest BCUT2D eigenvalue weighted by atomic mass is 16.5. The van der Waals surface area contributed by atoms with Crippen LogP contribution in [0.2, 0.25) is 0 Å². The molecule has 0 aromatic heterocycles. The van der Waals surface area contributed by atoms with Gasteiger partial charge in [0.25, 0.3) is 11.7 Å². The Morgan fingerprint density at radius 3 is 2.75 bits per heavy atom. The second-order valence-corrected chi connectivity index (χ2v) is 5.04. The van der Waals surface area contributed by atoms with Crippen molar-refractivity contribution < 1.29 is 14.3 Å². The van der Waals surface area contributed by atoms with Gasteiger partial charge in [0.2, 0.25) is 0 Å². The van der Waals surface area contributed by atoms with E-state index < -0.39 is 11.7 Å². The first kappa shape index (κ1) is 14.5. The molecule has 1 amide bonds. The number of carbonyl (C=O) groups is 2. The average molecular weight is 276 g/mol. The van der Waals surface area contributed by atoms with Crippen LogP contribution in [0.3, 0.4) is 0 Å². The first-order valence-electron chi connectivity index (χ1n) is 6.83. The second kappa shape index (κ2) is 6.05. The van der Waals surface area contributed by atoms with Crippen molar-refractivity contribution in [1.29, 1.82) is 0 Å². The van der Waals surface area contributed by atoms with Gasteiger partial charge in [-0.1, -0.05) is 13.8 Å². The highest BCUT2D eigenvalue weighted by Gasteiger charge is 2.36. The summed E-state index contributed by atoms with van der Waals surface area (Å²) in [6.45, 7) is 6.32. The van der Waals surface area contributed by atoms with Crippen molar-refractivity contribution in [2.24, 2.45) is 5.92 Å². The molecule has 1 unspecified atom stereocenters. The number of fused-ring (bicyclic) bond motifs is 1. The van der Waals surface area contributed by atoms with E-state index in [0.29, 0.717) is 23.5 Å². The van der Waals surface area contributed by atoms with E-state index in [1.165, 1.54) is 0 Å². The number of ether oxygens (including phenoxy) is 1. The van der Waals surface area contributed by atoms with Crippen LogP contribution in [0.25, 0.3) is 0 Å². The fourth-order valence-corrected chi connectivity index (χ4v) is 2.35. The number of rotatable bonds is 6. The van der Waals surface area contributed by atoms with Crippen LogP contribution >= 0.6 is 0 Å². The van der Waals surface area contributed by atoms with E-state index in [2.05, 4.69) is 12.2 Å². The Labute approximate surface area is 118 Å². The van der Waals surface area contributed by atoms with Gasteiger partial charge < -0.3 is 15.0 Å². The predicted molar refractivity (Wildman–Crippen MR) is 77.4 cm³/mol. The van der Waals surface area contributed by atoms with Crippen LogP contribution in [0.4, 0.5) is 5.69 Å². The number of methoxy groups -OCH3 is 1. The molecule has 0 spiro atoms. The summed E-state index contributed by atoms with van der Waals surface area (Å²) in [7, 11) is 1.57. The molecule has 0 aliphatic carbocycles. The maximum Gasteiger partial charge on any atom is 0.299 e. The summed E-state index contributed by atoms with van der Waals surface area (Å²) in [6.07, 6.45) is 0. The summed E-state index contributed by atoms with van der Waals surface area (Å²) in [4.78, 5) is 25.6. The van der Waals surface area contributed by atoms with E-state index in [1.807, 2.05) is 6.92 Å². The van der Waals surface area contributed by atoms with Gasteiger partial charge in [-0.3, -0.25) is 9.59 Å². The number of carbonyl (C=O) groups excluding carboxylic acids is 2. The molecule has 1 N–H and O–H groups in total. The molecule has 1 aliphatic heterocycles. The summed E-state index contributed by atoms with van der Waals surface area (Å²) in [6, 6.07) is 5.11. The van der Waals surface area contributed by atoms with Gasteiger partial charge in [0.15, 0.2) is 0 Å². The zero-order valence-electron chi connectivity index (χ0n) is 12.1. The van der Waals surface area contributed by atoms with Crippen molar-refractivity contribution in [3.05, 3.63) is 23.8 Å². The number of hydrogen-bond donors (Lipinski definition) is 1. The number of benzene rings is 1. The van der Waals surface area contributed by atoms with Crippen molar-refractivity contribution in [1.82, 2.24) is 5.32 Å². The number of hydrogen-bond acceptors (Lipinski definition) is 4. The third-order valence-corrected chi connectivity index (χ3v) is 3.42. The molecule has 20 heavy (non-hydrogen) atoms. The maximum atomic E-state index is 12.1. The standard InChI is InChI=1S/C15H20N2O3/c1-4-16-8-10(2)9-17-13-7-11(20-3)5-6-12(13)14(18)15(17)19/h5-7,10,16H,4,8-9H2,1-3H3. The van der Waals surface area contributed by atoms with Gasteiger partial charge in [0.1, 0.15) is 5.75 Å². The van der Waals surface area contributed by atoms with Gasteiger partial charge >= 0.3 is 0 Å². The van der Waals surface area contributed by atoms with E-state index in [4.69, 9.17) is 4.74 Å². The quantitative estimate of drug-likeness (QED) is 0.799. The van der Waals surface area contributed by atoms with Crippen LogP contribution in [0, 0.1) is 5.92 Å². The number of ketones is 1. The molecule has 1 aromatic rings. The average Bonchev–Trinajstić information content (AvgIpc) is 2.69. The maximum absolute atomic E-state index is 12.1. The molecule has 0 fully saturated rings. The summed E-state index contributed by atoms with van der Waals surface area (Å²) < 4.78 is 5.17. The van der Waals surface area contributed by atoms with Crippen LogP contribution in [-0.2, 0) is 4.79 Å². The van der Waals surface area contributed by atoms with Crippen molar-refractivity contribution in [2.75, 3.05) is 31.6 Å². The minimum Gasteiger partial charge on any atom is -0.497 e. The summed E-state index contributed by atoms with van der Waals surface area (Å²) in [5, 5.41) is 3.25. The van der Waals surface area contributed by atoms with Crippen molar-refractivity contribution in [3.63, 3.8) is 0 Å². The van der Waals surface area contributed by atoms with Gasteiger partial charge in [0, 0.05) is 12.6 Å². The van der Waals surface area contributed by atoms with Gasteiger partial charge in [-0.25, -0.2) is 0 Å². The highest BCUT2D eigenvalue weighted by molar-refractivity contribution is 6.52. The van der Waals surface area contributed by atoms with E-state index >= 15 is 0 Å². The summed E-state index contributed by atoms with van der Waals surface area (Å²) in [5.41, 5.74) is 1.12. The topological polar surface area (TPSA) is 58.6 Å². The van der Waals surface area contributed by atoms with Crippen LogP contribution in [0.15, 0.2) is 18.2 Å². The summed E-state index contributed by atoms with van der Waals surface area (Å²) in [5.74, 6) is 0.0364. The fourth-order valence-electron chi connectivity index (χ4n) is 2.35. The Morgan fingerprint density at radius 1 is 1.35 bits per heavy atom. The Morgan fingerprint density at radius 2 is 2.10 bits per heavy atom. The van der Waals surface area contributed by atoms with Crippen LogP contribution < -0.4 is 15.0 Å². The lowest BCUT2D eigenvalue weighted by Crippen LogP contribution is -2.36. The number of amides is 1. The molecule has 1 aliphatic rings. The van der Waals surface area contributed by atoms with Crippen LogP contribution in [0.1, 0.15) is 24.2 Å². The van der Waals surface area contributed by atoms with E-state index in [0.717, 1.165) is 13.1 Å². The first-order chi connectivity index (χ1) is 9.58. The van der Waals surface area contributed by atoms with Gasteiger partial charge in [-0.05, 0) is 31.1 Å². The largest absolute Gasteiger partial charge is 0.497 e. The minimum absolute atomic E-state index is 0.267. The second-order valence-electron chi connectivity index (χ2n) is 5.04. The smallest absolute Gasteiger partial charge is 0.299 e. The molecule has 0 saturated heterocycles. The number of anilines is 1. The Bertz CT molecular complexity index is 528. The number of nitrogens with one attached hydrogen (secondary N) is 1. The molecular weight excluding hydrogens is 256 g/mol. The zero-order valence-corrected chi connectivity index (χ0v) is 12.1. The van der Waals surface area contributed by atoms with E-state index in [9.17, 15) is 9.59 Å². The Kier molecular flexibility index (Phi) is 4.39. The lowest BCUT2D eigenvalue weighted by Gasteiger charge is -2.21. The molecule has 108 valence electrons. The molecule has 0 bridgehead atoms. The monoisotopic (exact) mass is 276 g/mol. The normalized spacial score (nSPS) is 15.4. The fraction of sp³-hybridized carbons (Fsp3) is 0.467. The zero-order chi connectivity index (χ0) is 14.7. The molecular formula is C15H20N2O3. The van der Waals surface area contributed by atoms with E-state index in [-0.39, 0.29) is 5.92 Å². The summed E-state index contributed by atoms with van der Waals surface area (Å²) >= 11 is 0. The van der Waals surface area contributed by atoms with Gasteiger partial charge in [0.05, 0.1) is 18.4 Å². The molecule has 0 saturated carbocycles. The molecule has 5 nitrogen and oxygen atoms in total. The van der Waals surface area contributed by atoms with Gasteiger partial charge in [-0.2, -0.15) is 0 Å². The van der Waals surface area contributed by atoms with Crippen molar-refractivity contribution in [2.45, 2.75) is 13.8 Å². The Hall–Kier alpha value is -1.88. The van der Waals surface area contributed by atoms with Crippen molar-refractivity contribution >= 4 is 17.4 Å². The predicted octanol–water partition coefficient (Wildman–Crippen LogP) is 1.47. The SMILES string of the molecule is CCNCC(C)CN1C(=O)C(=O)c2ccc(OC)cc21. The lowest BCUT2D eigenvalue weighted by molar-refractivity contribution is -0.114. The molecule has 0 radical (unpaired) electrons.